The average Bonchev–Trinajstić information content (AvgIpc) is 2.16. The fourth-order valence-corrected chi connectivity index (χ4v) is 1.41. The number of carbonyl (C=O) groups is 1. The number of carboxylic acids is 1. The van der Waals surface area contributed by atoms with E-state index in [9.17, 15) is 9.90 Å². The number of aromatic hydroxyl groups is 1. The van der Waals surface area contributed by atoms with Crippen molar-refractivity contribution in [1.82, 2.24) is 0 Å². The van der Waals surface area contributed by atoms with E-state index >= 15 is 0 Å². The van der Waals surface area contributed by atoms with Gasteiger partial charge in [0.1, 0.15) is 0 Å². The fraction of sp³-hybridized carbons (Fsp3) is 0.364. The number of ether oxygens (including phenoxy) is 1. The molecule has 0 bridgehead atoms. The van der Waals surface area contributed by atoms with Gasteiger partial charge in [0.05, 0.1) is 12.7 Å². The molecule has 0 saturated carbocycles. The summed E-state index contributed by atoms with van der Waals surface area (Å²) >= 11 is 0. The molecule has 0 aliphatic rings. The zero-order valence-corrected chi connectivity index (χ0v) is 8.94. The van der Waals surface area contributed by atoms with E-state index in [1.165, 1.54) is 13.2 Å². The van der Waals surface area contributed by atoms with Crippen molar-refractivity contribution >= 4 is 5.97 Å². The van der Waals surface area contributed by atoms with Gasteiger partial charge < -0.3 is 14.9 Å². The molecule has 0 fully saturated rings. The number of carboxylic acid groups (broad SMARTS) is 1. The van der Waals surface area contributed by atoms with Crippen molar-refractivity contribution in [3.8, 4) is 11.5 Å². The third-order valence-corrected chi connectivity index (χ3v) is 2.20. The molecule has 2 N–H and O–H groups in total. The number of hydrogen-bond acceptors (Lipinski definition) is 3. The lowest BCUT2D eigenvalue weighted by atomic mass is 9.96. The van der Waals surface area contributed by atoms with E-state index in [2.05, 4.69) is 0 Å². The summed E-state index contributed by atoms with van der Waals surface area (Å²) < 4.78 is 4.93. The van der Waals surface area contributed by atoms with Gasteiger partial charge in [0.2, 0.25) is 0 Å². The molecule has 82 valence electrons. The van der Waals surface area contributed by atoms with Gasteiger partial charge >= 0.3 is 5.97 Å². The second-order valence-electron chi connectivity index (χ2n) is 3.57. The van der Waals surface area contributed by atoms with Crippen molar-refractivity contribution in [3.63, 3.8) is 0 Å². The highest BCUT2D eigenvalue weighted by Crippen LogP contribution is 2.32. The Kier molecular flexibility index (Phi) is 3.19. The Hall–Kier alpha value is -1.71. The summed E-state index contributed by atoms with van der Waals surface area (Å²) in [5, 5.41) is 18.4. The third kappa shape index (κ3) is 2.21. The first-order chi connectivity index (χ1) is 6.97. The van der Waals surface area contributed by atoms with Crippen LogP contribution >= 0.6 is 0 Å². The van der Waals surface area contributed by atoms with Crippen molar-refractivity contribution in [2.45, 2.75) is 19.8 Å². The minimum Gasteiger partial charge on any atom is -0.504 e. The first kappa shape index (κ1) is 11.4. The van der Waals surface area contributed by atoms with Gasteiger partial charge in [-0.3, -0.25) is 0 Å². The molecule has 0 aliphatic heterocycles. The van der Waals surface area contributed by atoms with E-state index in [4.69, 9.17) is 9.84 Å². The third-order valence-electron chi connectivity index (χ3n) is 2.20. The summed E-state index contributed by atoms with van der Waals surface area (Å²) in [6, 6.07) is 2.78. The molecule has 0 saturated heterocycles. The summed E-state index contributed by atoms with van der Waals surface area (Å²) in [6.45, 7) is 3.77. The summed E-state index contributed by atoms with van der Waals surface area (Å²) in [7, 11) is 1.43. The van der Waals surface area contributed by atoms with Crippen LogP contribution < -0.4 is 4.74 Å². The molecule has 0 spiro atoms. The smallest absolute Gasteiger partial charge is 0.336 e. The molecule has 0 radical (unpaired) electrons. The second-order valence-corrected chi connectivity index (χ2v) is 3.57. The predicted molar refractivity (Wildman–Crippen MR) is 55.7 cm³/mol. The first-order valence-corrected chi connectivity index (χ1v) is 4.61. The van der Waals surface area contributed by atoms with Crippen molar-refractivity contribution in [2.24, 2.45) is 0 Å². The molecule has 1 aromatic rings. The number of phenols is 1. The van der Waals surface area contributed by atoms with Gasteiger partial charge in [0.25, 0.3) is 0 Å². The zero-order valence-electron chi connectivity index (χ0n) is 8.94. The highest BCUT2D eigenvalue weighted by atomic mass is 16.5. The maximum atomic E-state index is 10.9. The number of rotatable bonds is 3. The molecule has 0 aromatic heterocycles. The molecular weight excluding hydrogens is 196 g/mol. The van der Waals surface area contributed by atoms with Crippen molar-refractivity contribution < 1.29 is 19.7 Å². The summed E-state index contributed by atoms with van der Waals surface area (Å²) in [5.74, 6) is -0.842. The van der Waals surface area contributed by atoms with E-state index in [0.29, 0.717) is 11.3 Å². The van der Waals surface area contributed by atoms with Gasteiger partial charge in [0, 0.05) is 0 Å². The van der Waals surface area contributed by atoms with E-state index in [1.807, 2.05) is 13.8 Å². The topological polar surface area (TPSA) is 66.8 Å². The molecule has 15 heavy (non-hydrogen) atoms. The predicted octanol–water partition coefficient (Wildman–Crippen LogP) is 2.22. The van der Waals surface area contributed by atoms with Crippen LogP contribution in [-0.2, 0) is 0 Å². The van der Waals surface area contributed by atoms with Crippen LogP contribution in [-0.4, -0.2) is 23.3 Å². The fourth-order valence-electron chi connectivity index (χ4n) is 1.41. The van der Waals surface area contributed by atoms with Gasteiger partial charge in [-0.1, -0.05) is 13.8 Å². The monoisotopic (exact) mass is 210 g/mol. The van der Waals surface area contributed by atoms with E-state index in [0.717, 1.165) is 0 Å². The SMILES string of the molecule is COc1cc(C(C)C)c(C(=O)O)cc1O. The molecule has 4 nitrogen and oxygen atoms in total. The number of aromatic carboxylic acids is 1. The van der Waals surface area contributed by atoms with Gasteiger partial charge in [-0.25, -0.2) is 4.79 Å². The molecule has 0 heterocycles. The number of methoxy groups -OCH3 is 1. The van der Waals surface area contributed by atoms with E-state index in [1.54, 1.807) is 6.07 Å². The summed E-state index contributed by atoms with van der Waals surface area (Å²) in [6.07, 6.45) is 0. The molecule has 0 unspecified atom stereocenters. The Labute approximate surface area is 88.1 Å². The average molecular weight is 210 g/mol. The first-order valence-electron chi connectivity index (χ1n) is 4.61. The zero-order chi connectivity index (χ0) is 11.6. The Balaban J connectivity index is 3.38. The van der Waals surface area contributed by atoms with Crippen molar-refractivity contribution in [3.05, 3.63) is 23.3 Å². The normalized spacial score (nSPS) is 10.4. The second kappa shape index (κ2) is 4.21. The van der Waals surface area contributed by atoms with Crippen LogP contribution in [0.25, 0.3) is 0 Å². The van der Waals surface area contributed by atoms with E-state index < -0.39 is 5.97 Å². The van der Waals surface area contributed by atoms with Gasteiger partial charge in [-0.15, -0.1) is 0 Å². The molecule has 1 rings (SSSR count). The summed E-state index contributed by atoms with van der Waals surface area (Å²) in [4.78, 5) is 10.9. The van der Waals surface area contributed by atoms with Crippen LogP contribution in [0.1, 0.15) is 35.7 Å². The maximum absolute atomic E-state index is 10.9. The van der Waals surface area contributed by atoms with Crippen LogP contribution in [0, 0.1) is 0 Å². The molecular formula is C11H14O4. The number of benzene rings is 1. The molecule has 0 atom stereocenters. The largest absolute Gasteiger partial charge is 0.504 e. The number of phenolic OH excluding ortho intramolecular Hbond substituents is 1. The van der Waals surface area contributed by atoms with E-state index in [-0.39, 0.29) is 17.2 Å². The van der Waals surface area contributed by atoms with Gasteiger partial charge in [-0.2, -0.15) is 0 Å². The molecule has 0 amide bonds. The Bertz CT molecular complexity index is 382. The Morgan fingerprint density at radius 2 is 2.00 bits per heavy atom. The molecule has 0 aliphatic carbocycles. The quantitative estimate of drug-likeness (QED) is 0.802. The standard InChI is InChI=1S/C11H14O4/c1-6(2)7-5-10(15-3)9(12)4-8(7)11(13)14/h4-6,12H,1-3H3,(H,13,14). The van der Waals surface area contributed by atoms with Gasteiger partial charge in [-0.05, 0) is 23.6 Å². The molecule has 4 heteroatoms. The van der Waals surface area contributed by atoms with Crippen LogP contribution in [0.4, 0.5) is 0 Å². The maximum Gasteiger partial charge on any atom is 0.336 e. The van der Waals surface area contributed by atoms with Crippen LogP contribution in [0.15, 0.2) is 12.1 Å². The highest BCUT2D eigenvalue weighted by Gasteiger charge is 2.16. The van der Waals surface area contributed by atoms with Crippen LogP contribution in [0.5, 0.6) is 11.5 Å². The minimum absolute atomic E-state index is 0.0607. The lowest BCUT2D eigenvalue weighted by Gasteiger charge is -2.12. The van der Waals surface area contributed by atoms with Gasteiger partial charge in [0.15, 0.2) is 11.5 Å². The van der Waals surface area contributed by atoms with Crippen LogP contribution in [0.3, 0.4) is 0 Å². The lowest BCUT2D eigenvalue weighted by molar-refractivity contribution is 0.0694. The highest BCUT2D eigenvalue weighted by molar-refractivity contribution is 5.90. The van der Waals surface area contributed by atoms with Crippen LogP contribution in [0.2, 0.25) is 0 Å². The van der Waals surface area contributed by atoms with Crippen molar-refractivity contribution in [2.75, 3.05) is 7.11 Å². The molecule has 1 aromatic carbocycles. The van der Waals surface area contributed by atoms with Crippen molar-refractivity contribution in [1.29, 1.82) is 0 Å². The Morgan fingerprint density at radius 3 is 2.40 bits per heavy atom. The minimum atomic E-state index is -1.04. The Morgan fingerprint density at radius 1 is 1.40 bits per heavy atom. The number of hydrogen-bond donors (Lipinski definition) is 2. The summed E-state index contributed by atoms with van der Waals surface area (Å²) in [5.41, 5.74) is 0.764. The lowest BCUT2D eigenvalue weighted by Crippen LogP contribution is -2.04.